The van der Waals surface area contributed by atoms with Crippen LogP contribution in [0.2, 0.25) is 0 Å². The first-order chi connectivity index (χ1) is 9.97. The maximum Gasteiger partial charge on any atom is 0.222 e. The summed E-state index contributed by atoms with van der Waals surface area (Å²) >= 11 is 0. The predicted octanol–water partition coefficient (Wildman–Crippen LogP) is 5.66. The van der Waals surface area contributed by atoms with Crippen molar-refractivity contribution in [2.75, 3.05) is 13.1 Å². The number of carbonyl (C=O) groups is 1. The lowest BCUT2D eigenvalue weighted by molar-refractivity contribution is -0.131. The van der Waals surface area contributed by atoms with Crippen molar-refractivity contribution >= 4 is 5.91 Å². The Bertz CT molecular complexity index is 230. The Morgan fingerprint density at radius 2 is 1.19 bits per heavy atom. The highest BCUT2D eigenvalue weighted by Gasteiger charge is 2.10. The second kappa shape index (κ2) is 13.2. The molecule has 0 atom stereocenters. The van der Waals surface area contributed by atoms with E-state index in [4.69, 9.17) is 0 Å². The highest BCUT2D eigenvalue weighted by Crippen LogP contribution is 2.11. The SMILES string of the molecule is CCC(=O)N(CCCCCC(C)C)CCCCCC(C)C. The number of hydrogen-bond donors (Lipinski definition) is 0. The Kier molecular flexibility index (Phi) is 12.8. The molecule has 0 aliphatic heterocycles. The van der Waals surface area contributed by atoms with E-state index in [9.17, 15) is 4.79 Å². The van der Waals surface area contributed by atoms with Crippen molar-refractivity contribution in [3.63, 3.8) is 0 Å². The maximum atomic E-state index is 12.0. The smallest absolute Gasteiger partial charge is 0.222 e. The topological polar surface area (TPSA) is 20.3 Å². The molecule has 0 bridgehead atoms. The summed E-state index contributed by atoms with van der Waals surface area (Å²) in [4.78, 5) is 14.1. The lowest BCUT2D eigenvalue weighted by atomic mass is 10.0. The molecule has 0 N–H and O–H groups in total. The van der Waals surface area contributed by atoms with Crippen molar-refractivity contribution < 1.29 is 4.79 Å². The molecule has 21 heavy (non-hydrogen) atoms. The van der Waals surface area contributed by atoms with E-state index >= 15 is 0 Å². The Morgan fingerprint density at radius 3 is 1.52 bits per heavy atom. The van der Waals surface area contributed by atoms with Crippen LogP contribution < -0.4 is 0 Å². The van der Waals surface area contributed by atoms with Crippen LogP contribution in [0, 0.1) is 11.8 Å². The van der Waals surface area contributed by atoms with Crippen LogP contribution in [-0.2, 0) is 4.79 Å². The third-order valence-corrected chi connectivity index (χ3v) is 4.07. The molecular weight excluding hydrogens is 258 g/mol. The zero-order valence-electron chi connectivity index (χ0n) is 15.3. The second-order valence-electron chi connectivity index (χ2n) is 7.22. The fourth-order valence-electron chi connectivity index (χ4n) is 2.65. The van der Waals surface area contributed by atoms with Crippen molar-refractivity contribution in [3.8, 4) is 0 Å². The second-order valence-corrected chi connectivity index (χ2v) is 7.22. The molecule has 0 aromatic heterocycles. The normalized spacial score (nSPS) is 11.4. The summed E-state index contributed by atoms with van der Waals surface area (Å²) in [6.07, 6.45) is 10.8. The van der Waals surface area contributed by atoms with Gasteiger partial charge in [0.2, 0.25) is 5.91 Å². The third kappa shape index (κ3) is 12.9. The van der Waals surface area contributed by atoms with Gasteiger partial charge >= 0.3 is 0 Å². The van der Waals surface area contributed by atoms with E-state index in [2.05, 4.69) is 32.6 Å². The van der Waals surface area contributed by atoms with Gasteiger partial charge in [-0.05, 0) is 24.7 Å². The van der Waals surface area contributed by atoms with E-state index in [0.717, 1.165) is 24.9 Å². The largest absolute Gasteiger partial charge is 0.343 e. The van der Waals surface area contributed by atoms with Gasteiger partial charge in [0, 0.05) is 19.5 Å². The highest BCUT2D eigenvalue weighted by atomic mass is 16.2. The van der Waals surface area contributed by atoms with Crippen molar-refractivity contribution in [3.05, 3.63) is 0 Å². The third-order valence-electron chi connectivity index (χ3n) is 4.07. The minimum absolute atomic E-state index is 0.336. The highest BCUT2D eigenvalue weighted by molar-refractivity contribution is 5.75. The molecule has 0 unspecified atom stereocenters. The molecule has 2 heteroatoms. The number of carbonyl (C=O) groups excluding carboxylic acids is 1. The lowest BCUT2D eigenvalue weighted by Crippen LogP contribution is -2.32. The standard InChI is InChI=1S/C19H39NO/c1-6-19(21)20(15-11-7-9-13-17(2)3)16-12-8-10-14-18(4)5/h17-18H,6-16H2,1-5H3. The fraction of sp³-hybridized carbons (Fsp3) is 0.947. The molecule has 1 amide bonds. The first kappa shape index (κ1) is 20.5. The molecular formula is C19H39NO. The number of hydrogen-bond acceptors (Lipinski definition) is 1. The molecule has 0 aliphatic carbocycles. The average molecular weight is 298 g/mol. The molecule has 0 aliphatic rings. The van der Waals surface area contributed by atoms with Crippen LogP contribution in [0.5, 0.6) is 0 Å². The van der Waals surface area contributed by atoms with Gasteiger partial charge in [-0.25, -0.2) is 0 Å². The molecule has 0 rings (SSSR count). The molecule has 0 spiro atoms. The van der Waals surface area contributed by atoms with Gasteiger partial charge in [-0.15, -0.1) is 0 Å². The van der Waals surface area contributed by atoms with Gasteiger partial charge in [0.05, 0.1) is 0 Å². The lowest BCUT2D eigenvalue weighted by Gasteiger charge is -2.22. The Balaban J connectivity index is 3.80. The number of nitrogens with zero attached hydrogens (tertiary/aromatic N) is 1. The van der Waals surface area contributed by atoms with Gasteiger partial charge < -0.3 is 4.90 Å². The van der Waals surface area contributed by atoms with Crippen molar-refractivity contribution in [2.24, 2.45) is 11.8 Å². The van der Waals surface area contributed by atoms with E-state index in [1.165, 1.54) is 51.4 Å². The minimum atomic E-state index is 0.336. The summed E-state index contributed by atoms with van der Waals surface area (Å²) < 4.78 is 0. The molecule has 0 radical (unpaired) electrons. The molecule has 0 fully saturated rings. The van der Waals surface area contributed by atoms with Crippen LogP contribution in [0.3, 0.4) is 0 Å². The number of amides is 1. The first-order valence-electron chi connectivity index (χ1n) is 9.25. The number of rotatable bonds is 13. The monoisotopic (exact) mass is 297 g/mol. The molecule has 126 valence electrons. The summed E-state index contributed by atoms with van der Waals surface area (Å²) in [5, 5.41) is 0. The van der Waals surface area contributed by atoms with E-state index in [-0.39, 0.29) is 0 Å². The van der Waals surface area contributed by atoms with E-state index in [0.29, 0.717) is 12.3 Å². The van der Waals surface area contributed by atoms with Gasteiger partial charge in [0.15, 0.2) is 0 Å². The van der Waals surface area contributed by atoms with Gasteiger partial charge in [0.25, 0.3) is 0 Å². The van der Waals surface area contributed by atoms with Crippen LogP contribution >= 0.6 is 0 Å². The van der Waals surface area contributed by atoms with Crippen molar-refractivity contribution in [2.45, 2.75) is 92.4 Å². The van der Waals surface area contributed by atoms with E-state index in [1.54, 1.807) is 0 Å². The summed E-state index contributed by atoms with van der Waals surface area (Å²) in [5.74, 6) is 1.95. The van der Waals surface area contributed by atoms with Crippen LogP contribution in [0.4, 0.5) is 0 Å². The Hall–Kier alpha value is -0.530. The summed E-state index contributed by atoms with van der Waals surface area (Å²) in [6, 6.07) is 0. The van der Waals surface area contributed by atoms with Crippen LogP contribution in [0.1, 0.15) is 92.4 Å². The Labute approximate surface area is 133 Å². The van der Waals surface area contributed by atoms with Gasteiger partial charge in [-0.1, -0.05) is 73.1 Å². The first-order valence-corrected chi connectivity index (χ1v) is 9.25. The zero-order valence-corrected chi connectivity index (χ0v) is 15.3. The summed E-state index contributed by atoms with van der Waals surface area (Å²) in [7, 11) is 0. The molecule has 0 heterocycles. The van der Waals surface area contributed by atoms with Crippen LogP contribution in [0.25, 0.3) is 0 Å². The average Bonchev–Trinajstić information content (AvgIpc) is 2.42. The van der Waals surface area contributed by atoms with E-state index < -0.39 is 0 Å². The molecule has 0 aromatic carbocycles. The molecule has 0 aromatic rings. The Morgan fingerprint density at radius 1 is 0.762 bits per heavy atom. The molecule has 0 saturated heterocycles. The molecule has 0 saturated carbocycles. The van der Waals surface area contributed by atoms with Crippen LogP contribution in [0.15, 0.2) is 0 Å². The fourth-order valence-corrected chi connectivity index (χ4v) is 2.65. The van der Waals surface area contributed by atoms with E-state index in [1.807, 2.05) is 6.92 Å². The van der Waals surface area contributed by atoms with Gasteiger partial charge in [0.1, 0.15) is 0 Å². The van der Waals surface area contributed by atoms with Crippen LogP contribution in [-0.4, -0.2) is 23.9 Å². The van der Waals surface area contributed by atoms with Gasteiger partial charge in [-0.3, -0.25) is 4.79 Å². The number of unbranched alkanes of at least 4 members (excludes halogenated alkanes) is 4. The quantitative estimate of drug-likeness (QED) is 0.402. The molecule has 2 nitrogen and oxygen atoms in total. The van der Waals surface area contributed by atoms with Crippen molar-refractivity contribution in [1.29, 1.82) is 0 Å². The van der Waals surface area contributed by atoms with Gasteiger partial charge in [-0.2, -0.15) is 0 Å². The van der Waals surface area contributed by atoms with Crippen molar-refractivity contribution in [1.82, 2.24) is 4.90 Å². The maximum absolute atomic E-state index is 12.0. The minimum Gasteiger partial charge on any atom is -0.343 e. The summed E-state index contributed by atoms with van der Waals surface area (Å²) in [5.41, 5.74) is 0. The zero-order chi connectivity index (χ0) is 16.1. The summed E-state index contributed by atoms with van der Waals surface area (Å²) in [6.45, 7) is 13.0. The predicted molar refractivity (Wildman–Crippen MR) is 93.5 cm³/mol.